The predicted octanol–water partition coefficient (Wildman–Crippen LogP) is 4.46. The molecule has 0 N–H and O–H groups in total. The minimum Gasteiger partial charge on any atom is -0.488 e. The minimum absolute atomic E-state index is 0.203. The Hall–Kier alpha value is -2.11. The summed E-state index contributed by atoms with van der Waals surface area (Å²) in [6.45, 7) is 5.71. The van der Waals surface area contributed by atoms with E-state index in [0.29, 0.717) is 0 Å². The van der Waals surface area contributed by atoms with Crippen molar-refractivity contribution in [1.29, 1.82) is 0 Å². The first-order chi connectivity index (χ1) is 12.1. The van der Waals surface area contributed by atoms with Gasteiger partial charge in [-0.05, 0) is 44.7 Å². The Morgan fingerprint density at radius 2 is 2.04 bits per heavy atom. The highest BCUT2D eigenvalue weighted by molar-refractivity contribution is 7.15. The van der Waals surface area contributed by atoms with Crippen LogP contribution in [-0.2, 0) is 13.0 Å². The third-order valence-corrected chi connectivity index (χ3v) is 5.48. The van der Waals surface area contributed by atoms with E-state index in [1.54, 1.807) is 11.3 Å². The first-order valence-electron chi connectivity index (χ1n) is 8.54. The second-order valence-corrected chi connectivity index (χ2v) is 7.97. The quantitative estimate of drug-likeness (QED) is 0.678. The first-order valence-corrected chi connectivity index (χ1v) is 9.36. The van der Waals surface area contributed by atoms with Gasteiger partial charge in [0.1, 0.15) is 17.6 Å². The van der Waals surface area contributed by atoms with E-state index >= 15 is 0 Å². The van der Waals surface area contributed by atoms with Crippen molar-refractivity contribution in [2.24, 2.45) is 0 Å². The Balaban J connectivity index is 1.40. The molecule has 130 valence electrons. The molecule has 0 saturated carbocycles. The predicted molar refractivity (Wildman–Crippen MR) is 100 cm³/mol. The fraction of sp³-hybridized carbons (Fsp3) is 0.350. The molecular weight excluding hydrogens is 332 g/mol. The lowest BCUT2D eigenvalue weighted by molar-refractivity contribution is 0.164. The van der Waals surface area contributed by atoms with Crippen molar-refractivity contribution in [3.8, 4) is 16.5 Å². The van der Waals surface area contributed by atoms with Gasteiger partial charge in [0, 0.05) is 24.4 Å². The number of hydrogen-bond donors (Lipinski definition) is 0. The molecule has 0 aliphatic carbocycles. The molecule has 3 heterocycles. The number of likely N-dealkylation sites (N-methyl/N-ethyl adjacent to an activating group) is 1. The molecule has 1 aliphatic rings. The summed E-state index contributed by atoms with van der Waals surface area (Å²) < 4.78 is 11.9. The molecule has 2 aromatic heterocycles. The third kappa shape index (κ3) is 3.48. The molecule has 1 aromatic carbocycles. The van der Waals surface area contributed by atoms with Crippen LogP contribution in [0.5, 0.6) is 5.75 Å². The van der Waals surface area contributed by atoms with E-state index in [-0.39, 0.29) is 6.10 Å². The number of fused-ring (bicyclic) bond motifs is 1. The van der Waals surface area contributed by atoms with Gasteiger partial charge in [-0.15, -0.1) is 11.3 Å². The molecule has 1 atom stereocenters. The first kappa shape index (κ1) is 16.4. The Morgan fingerprint density at radius 3 is 2.80 bits per heavy atom. The van der Waals surface area contributed by atoms with Gasteiger partial charge in [0.2, 0.25) is 5.89 Å². The van der Waals surface area contributed by atoms with Crippen LogP contribution in [0.4, 0.5) is 0 Å². The van der Waals surface area contributed by atoms with Gasteiger partial charge in [0.25, 0.3) is 0 Å². The SMILES string of the molecule is Cc1ccc(-c2nc(CN(C)CC3Cc4ccccc4O3)c(C)o2)s1. The number of para-hydroxylation sites is 1. The second kappa shape index (κ2) is 6.65. The summed E-state index contributed by atoms with van der Waals surface area (Å²) in [6.07, 6.45) is 1.17. The molecule has 0 amide bonds. The normalized spacial score (nSPS) is 16.2. The van der Waals surface area contributed by atoms with Crippen molar-refractivity contribution in [2.45, 2.75) is 32.9 Å². The standard InChI is InChI=1S/C20H22N2O2S/c1-13-8-9-19(25-13)20-21-17(14(2)23-20)12-22(3)11-16-10-15-6-4-5-7-18(15)24-16/h4-9,16H,10-12H2,1-3H3. The topological polar surface area (TPSA) is 38.5 Å². The minimum atomic E-state index is 0.203. The summed E-state index contributed by atoms with van der Waals surface area (Å²) in [5, 5.41) is 0. The summed E-state index contributed by atoms with van der Waals surface area (Å²) >= 11 is 1.71. The van der Waals surface area contributed by atoms with Crippen LogP contribution in [0.3, 0.4) is 0 Å². The summed E-state index contributed by atoms with van der Waals surface area (Å²) in [7, 11) is 2.11. The fourth-order valence-electron chi connectivity index (χ4n) is 3.25. The molecule has 5 heteroatoms. The summed E-state index contributed by atoms with van der Waals surface area (Å²) in [5.74, 6) is 2.64. The van der Waals surface area contributed by atoms with Crippen LogP contribution in [0.2, 0.25) is 0 Å². The Labute approximate surface area is 152 Å². The number of benzene rings is 1. The van der Waals surface area contributed by atoms with E-state index in [0.717, 1.165) is 47.5 Å². The van der Waals surface area contributed by atoms with Crippen LogP contribution in [-0.4, -0.2) is 29.6 Å². The van der Waals surface area contributed by atoms with E-state index < -0.39 is 0 Å². The Bertz CT molecular complexity index is 858. The van der Waals surface area contributed by atoms with E-state index in [1.807, 2.05) is 19.1 Å². The number of hydrogen-bond acceptors (Lipinski definition) is 5. The molecule has 0 bridgehead atoms. The fourth-order valence-corrected chi connectivity index (χ4v) is 4.05. The Morgan fingerprint density at radius 1 is 1.20 bits per heavy atom. The lowest BCUT2D eigenvalue weighted by Crippen LogP contribution is -2.31. The second-order valence-electron chi connectivity index (χ2n) is 6.68. The largest absolute Gasteiger partial charge is 0.488 e. The highest BCUT2D eigenvalue weighted by Gasteiger charge is 2.24. The number of thiophene rings is 1. The van der Waals surface area contributed by atoms with Crippen molar-refractivity contribution in [3.05, 3.63) is 58.3 Å². The molecule has 25 heavy (non-hydrogen) atoms. The maximum atomic E-state index is 6.04. The monoisotopic (exact) mass is 354 g/mol. The molecule has 1 aliphatic heterocycles. The molecule has 0 radical (unpaired) electrons. The number of aromatic nitrogens is 1. The number of ether oxygens (including phenoxy) is 1. The van der Waals surface area contributed by atoms with Gasteiger partial charge in [-0.1, -0.05) is 18.2 Å². The lowest BCUT2D eigenvalue weighted by Gasteiger charge is -2.19. The van der Waals surface area contributed by atoms with Crippen LogP contribution in [0.15, 0.2) is 40.8 Å². The summed E-state index contributed by atoms with van der Waals surface area (Å²) in [6, 6.07) is 12.5. The van der Waals surface area contributed by atoms with Gasteiger partial charge in [-0.3, -0.25) is 4.90 Å². The molecule has 0 spiro atoms. The molecule has 0 saturated heterocycles. The lowest BCUT2D eigenvalue weighted by atomic mass is 10.1. The number of oxazole rings is 1. The summed E-state index contributed by atoms with van der Waals surface area (Å²) in [5.41, 5.74) is 2.30. The molecule has 3 aromatic rings. The average molecular weight is 354 g/mol. The van der Waals surface area contributed by atoms with Crippen LogP contribution >= 0.6 is 11.3 Å². The van der Waals surface area contributed by atoms with Gasteiger partial charge in [-0.2, -0.15) is 0 Å². The van der Waals surface area contributed by atoms with Crippen LogP contribution in [0.25, 0.3) is 10.8 Å². The van der Waals surface area contributed by atoms with E-state index in [9.17, 15) is 0 Å². The zero-order valence-electron chi connectivity index (χ0n) is 14.8. The van der Waals surface area contributed by atoms with E-state index in [1.165, 1.54) is 10.4 Å². The summed E-state index contributed by atoms with van der Waals surface area (Å²) in [4.78, 5) is 9.32. The zero-order chi connectivity index (χ0) is 17.4. The average Bonchev–Trinajstić information content (AvgIpc) is 3.26. The highest BCUT2D eigenvalue weighted by atomic mass is 32.1. The molecule has 0 fully saturated rings. The smallest absolute Gasteiger partial charge is 0.236 e. The highest BCUT2D eigenvalue weighted by Crippen LogP contribution is 2.30. The molecule has 1 unspecified atom stereocenters. The maximum Gasteiger partial charge on any atom is 0.236 e. The zero-order valence-corrected chi connectivity index (χ0v) is 15.6. The maximum absolute atomic E-state index is 6.04. The van der Waals surface area contributed by atoms with Gasteiger partial charge in [-0.25, -0.2) is 4.98 Å². The van der Waals surface area contributed by atoms with Crippen LogP contribution < -0.4 is 4.74 Å². The van der Waals surface area contributed by atoms with Crippen molar-refractivity contribution in [2.75, 3.05) is 13.6 Å². The van der Waals surface area contributed by atoms with E-state index in [2.05, 4.69) is 43.1 Å². The van der Waals surface area contributed by atoms with Gasteiger partial charge in [0.05, 0.1) is 10.6 Å². The van der Waals surface area contributed by atoms with E-state index in [4.69, 9.17) is 14.1 Å². The van der Waals surface area contributed by atoms with Gasteiger partial charge in [0.15, 0.2) is 0 Å². The third-order valence-electron chi connectivity index (χ3n) is 4.49. The number of rotatable bonds is 5. The van der Waals surface area contributed by atoms with Crippen molar-refractivity contribution < 1.29 is 9.15 Å². The molecule has 4 rings (SSSR count). The van der Waals surface area contributed by atoms with Crippen LogP contribution in [0, 0.1) is 13.8 Å². The van der Waals surface area contributed by atoms with Crippen molar-refractivity contribution in [1.82, 2.24) is 9.88 Å². The van der Waals surface area contributed by atoms with Crippen LogP contribution in [0.1, 0.15) is 21.9 Å². The molecule has 4 nitrogen and oxygen atoms in total. The van der Waals surface area contributed by atoms with Gasteiger partial charge < -0.3 is 9.15 Å². The van der Waals surface area contributed by atoms with Gasteiger partial charge >= 0.3 is 0 Å². The molecular formula is C20H22N2O2S. The number of nitrogens with zero attached hydrogens (tertiary/aromatic N) is 2. The van der Waals surface area contributed by atoms with Crippen molar-refractivity contribution >= 4 is 11.3 Å². The Kier molecular flexibility index (Phi) is 4.36. The number of aryl methyl sites for hydroxylation is 2. The van der Waals surface area contributed by atoms with Crippen molar-refractivity contribution in [3.63, 3.8) is 0 Å².